The maximum Gasteiger partial charge on any atom is 0.181 e. The predicted molar refractivity (Wildman–Crippen MR) is 71.3 cm³/mol. The van der Waals surface area contributed by atoms with Crippen LogP contribution in [0.15, 0.2) is 18.2 Å². The molecule has 1 aromatic heterocycles. The Kier molecular flexibility index (Phi) is 2.89. The molecule has 0 saturated heterocycles. The molecule has 0 radical (unpaired) electrons. The number of ether oxygens (including phenoxy) is 1. The van der Waals surface area contributed by atoms with Crippen molar-refractivity contribution in [2.45, 2.75) is 32.2 Å². The highest BCUT2D eigenvalue weighted by atomic mass is 16.5. The number of phenolic OH excluding ortho intramolecular Hbond substituents is 1. The van der Waals surface area contributed by atoms with Crippen LogP contribution in [0.2, 0.25) is 0 Å². The van der Waals surface area contributed by atoms with Gasteiger partial charge in [-0.2, -0.15) is 5.10 Å². The van der Waals surface area contributed by atoms with Crippen molar-refractivity contribution in [2.75, 3.05) is 7.11 Å². The number of aromatic hydroxyl groups is 1. The van der Waals surface area contributed by atoms with E-state index in [4.69, 9.17) is 4.74 Å². The third-order valence-electron chi connectivity index (χ3n) is 3.58. The third kappa shape index (κ3) is 2.05. The highest BCUT2D eigenvalue weighted by Gasteiger charge is 2.20. The zero-order valence-corrected chi connectivity index (χ0v) is 11.1. The number of hydrogen-bond acceptors (Lipinski definition) is 4. The van der Waals surface area contributed by atoms with Gasteiger partial charge in [0, 0.05) is 12.0 Å². The van der Waals surface area contributed by atoms with E-state index in [1.165, 1.54) is 7.11 Å². The molecule has 0 amide bonds. The van der Waals surface area contributed by atoms with Gasteiger partial charge in [-0.3, -0.25) is 0 Å². The first-order valence-corrected chi connectivity index (χ1v) is 6.52. The average Bonchev–Trinajstić information content (AvgIpc) is 2.85. The first-order valence-electron chi connectivity index (χ1n) is 6.52. The number of nitrogens with zero attached hydrogens (tertiary/aromatic N) is 3. The van der Waals surface area contributed by atoms with Crippen molar-refractivity contribution in [3.8, 4) is 22.9 Å². The van der Waals surface area contributed by atoms with Gasteiger partial charge in [0.25, 0.3) is 0 Å². The molecule has 0 bridgehead atoms. The number of fused-ring (bicyclic) bond motifs is 1. The molecule has 0 spiro atoms. The van der Waals surface area contributed by atoms with Gasteiger partial charge in [-0.05, 0) is 38.0 Å². The van der Waals surface area contributed by atoms with Gasteiger partial charge in [0.2, 0.25) is 0 Å². The molecule has 1 aromatic carbocycles. The molecule has 2 heterocycles. The molecule has 1 atom stereocenters. The number of phenols is 1. The minimum atomic E-state index is 0.128. The number of aryl methyl sites for hydroxylation is 1. The van der Waals surface area contributed by atoms with Gasteiger partial charge in [-0.1, -0.05) is 0 Å². The van der Waals surface area contributed by atoms with Crippen molar-refractivity contribution in [3.63, 3.8) is 0 Å². The minimum Gasteiger partial charge on any atom is -0.504 e. The number of hydrogen-bond donors (Lipinski definition) is 1. The molecule has 2 aromatic rings. The minimum absolute atomic E-state index is 0.128. The van der Waals surface area contributed by atoms with E-state index in [0.717, 1.165) is 30.7 Å². The fraction of sp³-hybridized carbons (Fsp3) is 0.429. The molecule has 5 heteroatoms. The van der Waals surface area contributed by atoms with E-state index in [0.29, 0.717) is 17.6 Å². The summed E-state index contributed by atoms with van der Waals surface area (Å²) in [5, 5.41) is 14.2. The lowest BCUT2D eigenvalue weighted by Gasteiger charge is -2.18. The average molecular weight is 259 g/mol. The predicted octanol–water partition coefficient (Wildman–Crippen LogP) is 2.56. The largest absolute Gasteiger partial charge is 0.504 e. The van der Waals surface area contributed by atoms with Crippen LogP contribution in [0.25, 0.3) is 11.4 Å². The Balaban J connectivity index is 2.03. The molecule has 3 rings (SSSR count). The van der Waals surface area contributed by atoms with Crippen molar-refractivity contribution < 1.29 is 9.84 Å². The van der Waals surface area contributed by atoms with Crippen LogP contribution in [0.5, 0.6) is 11.5 Å². The lowest BCUT2D eigenvalue weighted by Crippen LogP contribution is -2.16. The standard InChI is InChI=1S/C14H17N3O2/c1-9-4-3-5-13-15-14(16-17(9)13)10-6-7-11(18)12(8-10)19-2/h6-9,18H,3-5H2,1-2H3. The summed E-state index contributed by atoms with van der Waals surface area (Å²) in [5.41, 5.74) is 0.865. The van der Waals surface area contributed by atoms with Crippen molar-refractivity contribution in [2.24, 2.45) is 0 Å². The van der Waals surface area contributed by atoms with E-state index in [-0.39, 0.29) is 5.75 Å². The summed E-state index contributed by atoms with van der Waals surface area (Å²) >= 11 is 0. The van der Waals surface area contributed by atoms with Gasteiger partial charge in [0.05, 0.1) is 13.2 Å². The molecule has 19 heavy (non-hydrogen) atoms. The van der Waals surface area contributed by atoms with Crippen LogP contribution >= 0.6 is 0 Å². The van der Waals surface area contributed by atoms with Crippen molar-refractivity contribution in [3.05, 3.63) is 24.0 Å². The second kappa shape index (κ2) is 4.57. The first-order chi connectivity index (χ1) is 9.19. The second-order valence-electron chi connectivity index (χ2n) is 4.92. The van der Waals surface area contributed by atoms with Crippen LogP contribution in [0.4, 0.5) is 0 Å². The van der Waals surface area contributed by atoms with Gasteiger partial charge < -0.3 is 9.84 Å². The number of rotatable bonds is 2. The zero-order valence-electron chi connectivity index (χ0n) is 11.1. The molecule has 100 valence electrons. The Morgan fingerprint density at radius 1 is 1.42 bits per heavy atom. The third-order valence-corrected chi connectivity index (χ3v) is 3.58. The highest BCUT2D eigenvalue weighted by Crippen LogP contribution is 2.31. The Bertz CT molecular complexity index is 607. The molecule has 1 aliphatic heterocycles. The number of aromatic nitrogens is 3. The fourth-order valence-electron chi connectivity index (χ4n) is 2.50. The summed E-state index contributed by atoms with van der Waals surface area (Å²) in [6.07, 6.45) is 3.29. The summed E-state index contributed by atoms with van der Waals surface area (Å²) in [4.78, 5) is 4.59. The fourth-order valence-corrected chi connectivity index (χ4v) is 2.50. The van der Waals surface area contributed by atoms with E-state index in [2.05, 4.69) is 17.0 Å². The zero-order chi connectivity index (χ0) is 13.4. The Morgan fingerprint density at radius 3 is 3.00 bits per heavy atom. The van der Waals surface area contributed by atoms with Gasteiger partial charge in [0.15, 0.2) is 17.3 Å². The molecule has 0 saturated carbocycles. The molecular formula is C14H17N3O2. The first kappa shape index (κ1) is 12.0. The monoisotopic (exact) mass is 259 g/mol. The number of benzene rings is 1. The molecule has 1 aliphatic rings. The highest BCUT2D eigenvalue weighted by molar-refractivity contribution is 5.60. The summed E-state index contributed by atoms with van der Waals surface area (Å²) in [7, 11) is 1.53. The van der Waals surface area contributed by atoms with Crippen LogP contribution in [-0.4, -0.2) is 27.0 Å². The van der Waals surface area contributed by atoms with Crippen molar-refractivity contribution >= 4 is 0 Å². The smallest absolute Gasteiger partial charge is 0.181 e. The molecule has 1 N–H and O–H groups in total. The van der Waals surface area contributed by atoms with Gasteiger partial charge in [0.1, 0.15) is 5.82 Å². The van der Waals surface area contributed by atoms with Gasteiger partial charge >= 0.3 is 0 Å². The van der Waals surface area contributed by atoms with E-state index in [1.807, 2.05) is 10.7 Å². The van der Waals surface area contributed by atoms with Gasteiger partial charge in [-0.15, -0.1) is 0 Å². The van der Waals surface area contributed by atoms with E-state index < -0.39 is 0 Å². The topological polar surface area (TPSA) is 60.2 Å². The van der Waals surface area contributed by atoms with E-state index in [9.17, 15) is 5.11 Å². The van der Waals surface area contributed by atoms with Crippen LogP contribution in [-0.2, 0) is 6.42 Å². The lowest BCUT2D eigenvalue weighted by atomic mass is 10.1. The van der Waals surface area contributed by atoms with Crippen LogP contribution in [0.1, 0.15) is 31.6 Å². The number of methoxy groups -OCH3 is 1. The Hall–Kier alpha value is -2.04. The Morgan fingerprint density at radius 2 is 2.26 bits per heavy atom. The van der Waals surface area contributed by atoms with Gasteiger partial charge in [-0.25, -0.2) is 9.67 Å². The maximum atomic E-state index is 9.62. The quantitative estimate of drug-likeness (QED) is 0.900. The van der Waals surface area contributed by atoms with Crippen molar-refractivity contribution in [1.29, 1.82) is 0 Å². The molecule has 1 unspecified atom stereocenters. The van der Waals surface area contributed by atoms with E-state index >= 15 is 0 Å². The second-order valence-corrected chi connectivity index (χ2v) is 4.92. The van der Waals surface area contributed by atoms with Crippen LogP contribution in [0, 0.1) is 0 Å². The van der Waals surface area contributed by atoms with Crippen LogP contribution in [0.3, 0.4) is 0 Å². The summed E-state index contributed by atoms with van der Waals surface area (Å²) in [6.45, 7) is 2.17. The molecular weight excluding hydrogens is 242 g/mol. The summed E-state index contributed by atoms with van der Waals surface area (Å²) in [6, 6.07) is 5.59. The van der Waals surface area contributed by atoms with E-state index in [1.54, 1.807) is 12.1 Å². The normalized spacial score (nSPS) is 18.1. The maximum absolute atomic E-state index is 9.62. The SMILES string of the molecule is COc1cc(-c2nc3n(n2)C(C)CCC3)ccc1O. The van der Waals surface area contributed by atoms with Crippen LogP contribution < -0.4 is 4.74 Å². The lowest BCUT2D eigenvalue weighted by molar-refractivity contribution is 0.373. The van der Waals surface area contributed by atoms with Crippen molar-refractivity contribution in [1.82, 2.24) is 14.8 Å². The Labute approximate surface area is 111 Å². The molecule has 5 nitrogen and oxygen atoms in total. The molecule has 0 fully saturated rings. The summed E-state index contributed by atoms with van der Waals surface area (Å²) in [5.74, 6) is 2.31. The summed E-state index contributed by atoms with van der Waals surface area (Å²) < 4.78 is 7.13. The molecule has 0 aliphatic carbocycles.